The molecule has 0 spiro atoms. The van der Waals surface area contributed by atoms with Crippen LogP contribution in [0.15, 0.2) is 43.0 Å². The van der Waals surface area contributed by atoms with Crippen molar-refractivity contribution in [2.45, 2.75) is 38.6 Å². The molecule has 190 valence electrons. The van der Waals surface area contributed by atoms with Gasteiger partial charge in [-0.1, -0.05) is 6.42 Å². The summed E-state index contributed by atoms with van der Waals surface area (Å²) in [5, 5.41) is 10.9. The maximum absolute atomic E-state index is 13.1. The number of carbonyl (C=O) groups is 2. The van der Waals surface area contributed by atoms with Crippen LogP contribution in [0.2, 0.25) is 0 Å². The number of hydrogen-bond acceptors (Lipinski definition) is 6. The fourth-order valence-electron chi connectivity index (χ4n) is 5.69. The molecule has 1 aliphatic heterocycles. The third-order valence-corrected chi connectivity index (χ3v) is 7.59. The second-order valence-corrected chi connectivity index (χ2v) is 10.1. The van der Waals surface area contributed by atoms with Crippen molar-refractivity contribution >= 4 is 34.2 Å². The summed E-state index contributed by atoms with van der Waals surface area (Å²) >= 11 is 0. The molecule has 10 nitrogen and oxygen atoms in total. The van der Waals surface area contributed by atoms with E-state index in [4.69, 9.17) is 0 Å². The van der Waals surface area contributed by atoms with Gasteiger partial charge in [-0.25, -0.2) is 4.98 Å². The van der Waals surface area contributed by atoms with E-state index in [1.807, 2.05) is 26.2 Å². The predicted octanol–water partition coefficient (Wildman–Crippen LogP) is 3.73. The van der Waals surface area contributed by atoms with Crippen LogP contribution in [0, 0.1) is 12.8 Å². The molecule has 1 aliphatic carbocycles. The largest absolute Gasteiger partial charge is 0.339 e. The minimum absolute atomic E-state index is 0.0537. The maximum Gasteiger partial charge on any atom is 0.257 e. The first kappa shape index (κ1) is 23.4. The number of aromatic nitrogens is 5. The fraction of sp³-hybridized carbons (Fsp3) is 0.370. The SMILES string of the molecule is Cc1ncc(NC(=O)CN2CCC3CCCC32)cc1NC(=O)c1cnc2[nH]c(-c3cnn(C)c3)cc2c1. The molecule has 37 heavy (non-hydrogen) atoms. The molecule has 10 heteroatoms. The van der Waals surface area contributed by atoms with Crippen LogP contribution in [-0.2, 0) is 11.8 Å². The van der Waals surface area contributed by atoms with Crippen LogP contribution in [-0.4, -0.2) is 60.6 Å². The highest BCUT2D eigenvalue weighted by atomic mass is 16.2. The average Bonchev–Trinajstić information content (AvgIpc) is 3.66. The summed E-state index contributed by atoms with van der Waals surface area (Å²) < 4.78 is 1.73. The Morgan fingerprint density at radius 1 is 1.08 bits per heavy atom. The standard InChI is InChI=1S/C27H30N8O2/c1-16-22(10-21(13-28-16)31-25(36)15-35-7-6-17-4-3-5-24(17)35)33-27(37)19-8-18-9-23(32-26(18)29-11-19)20-12-30-34(2)14-20/h8-14,17,24H,3-7,15H2,1-2H3,(H,29,32)(H,31,36)(H,33,37). The lowest BCUT2D eigenvalue weighted by molar-refractivity contribution is -0.117. The number of likely N-dealkylation sites (tertiary alicyclic amines) is 1. The average molecular weight is 499 g/mol. The van der Waals surface area contributed by atoms with Gasteiger partial charge in [0.2, 0.25) is 5.91 Å². The van der Waals surface area contributed by atoms with E-state index in [-0.39, 0.29) is 11.8 Å². The topological polar surface area (TPSA) is 121 Å². The van der Waals surface area contributed by atoms with Crippen LogP contribution in [0.25, 0.3) is 22.3 Å². The van der Waals surface area contributed by atoms with Gasteiger partial charge in [0.15, 0.2) is 0 Å². The number of fused-ring (bicyclic) bond motifs is 2. The summed E-state index contributed by atoms with van der Waals surface area (Å²) in [6, 6.07) is 6.05. The third kappa shape index (κ3) is 4.72. The van der Waals surface area contributed by atoms with Crippen molar-refractivity contribution in [2.24, 2.45) is 13.0 Å². The van der Waals surface area contributed by atoms with Crippen molar-refractivity contribution in [3.8, 4) is 11.3 Å². The number of carbonyl (C=O) groups excluding carboxylic acids is 2. The molecule has 2 unspecified atom stereocenters. The molecule has 5 heterocycles. The highest BCUT2D eigenvalue weighted by Gasteiger charge is 2.37. The van der Waals surface area contributed by atoms with Crippen molar-refractivity contribution < 1.29 is 9.59 Å². The molecule has 3 N–H and O–H groups in total. The van der Waals surface area contributed by atoms with E-state index in [1.54, 1.807) is 35.4 Å². The summed E-state index contributed by atoms with van der Waals surface area (Å²) in [4.78, 5) is 40.2. The molecular formula is C27H30N8O2. The van der Waals surface area contributed by atoms with E-state index in [0.717, 1.165) is 29.1 Å². The summed E-state index contributed by atoms with van der Waals surface area (Å²) in [7, 11) is 1.86. The van der Waals surface area contributed by atoms with Crippen molar-refractivity contribution in [1.29, 1.82) is 0 Å². The van der Waals surface area contributed by atoms with Crippen LogP contribution in [0.1, 0.15) is 41.7 Å². The van der Waals surface area contributed by atoms with Gasteiger partial charge < -0.3 is 15.6 Å². The molecule has 2 atom stereocenters. The number of pyridine rings is 2. The summed E-state index contributed by atoms with van der Waals surface area (Å²) in [5.41, 5.74) is 4.72. The molecule has 1 saturated heterocycles. The number of amides is 2. The van der Waals surface area contributed by atoms with Gasteiger partial charge in [0.05, 0.1) is 47.3 Å². The van der Waals surface area contributed by atoms with Crippen molar-refractivity contribution in [3.63, 3.8) is 0 Å². The lowest BCUT2D eigenvalue weighted by atomic mass is 10.0. The van der Waals surface area contributed by atoms with Crippen molar-refractivity contribution in [2.75, 3.05) is 23.7 Å². The number of nitrogens with one attached hydrogen (secondary N) is 3. The molecule has 4 aromatic rings. The first-order chi connectivity index (χ1) is 17.9. The van der Waals surface area contributed by atoms with Gasteiger partial charge >= 0.3 is 0 Å². The van der Waals surface area contributed by atoms with E-state index in [1.165, 1.54) is 25.7 Å². The minimum Gasteiger partial charge on any atom is -0.339 e. The lowest BCUT2D eigenvalue weighted by Crippen LogP contribution is -2.37. The second kappa shape index (κ2) is 9.44. The number of aromatic amines is 1. The summed E-state index contributed by atoms with van der Waals surface area (Å²) in [5.74, 6) is 0.399. The molecule has 2 amide bonds. The zero-order valence-electron chi connectivity index (χ0n) is 21.0. The second-order valence-electron chi connectivity index (χ2n) is 10.1. The van der Waals surface area contributed by atoms with Crippen molar-refractivity contribution in [1.82, 2.24) is 29.6 Å². The predicted molar refractivity (Wildman–Crippen MR) is 141 cm³/mol. The Morgan fingerprint density at radius 2 is 1.97 bits per heavy atom. The molecule has 4 aromatic heterocycles. The number of H-pyrrole nitrogens is 1. The lowest BCUT2D eigenvalue weighted by Gasteiger charge is -2.22. The zero-order valence-corrected chi connectivity index (χ0v) is 21.0. The van der Waals surface area contributed by atoms with E-state index in [0.29, 0.717) is 40.9 Å². The first-order valence-electron chi connectivity index (χ1n) is 12.7. The molecule has 0 aromatic carbocycles. The quantitative estimate of drug-likeness (QED) is 0.373. The van der Waals surface area contributed by atoms with Crippen molar-refractivity contribution in [3.05, 3.63) is 54.2 Å². The van der Waals surface area contributed by atoms with Crippen LogP contribution in [0.3, 0.4) is 0 Å². The number of rotatable bonds is 6. The number of hydrogen-bond donors (Lipinski definition) is 3. The fourth-order valence-corrected chi connectivity index (χ4v) is 5.69. The Bertz CT molecular complexity index is 1490. The zero-order chi connectivity index (χ0) is 25.5. The maximum atomic E-state index is 13.1. The Morgan fingerprint density at radius 3 is 2.81 bits per heavy atom. The number of aryl methyl sites for hydroxylation is 2. The molecular weight excluding hydrogens is 468 g/mol. The van der Waals surface area contributed by atoms with Gasteiger partial charge in [-0.15, -0.1) is 0 Å². The van der Waals surface area contributed by atoms with E-state index < -0.39 is 0 Å². The van der Waals surface area contributed by atoms with Gasteiger partial charge in [0.1, 0.15) is 5.65 Å². The van der Waals surface area contributed by atoms with E-state index in [9.17, 15) is 9.59 Å². The highest BCUT2D eigenvalue weighted by molar-refractivity contribution is 6.06. The van der Waals surface area contributed by atoms with Gasteiger partial charge in [-0.3, -0.25) is 24.2 Å². The Hall–Kier alpha value is -4.05. The Kier molecular flexibility index (Phi) is 5.96. The van der Waals surface area contributed by atoms with Crippen LogP contribution < -0.4 is 10.6 Å². The van der Waals surface area contributed by atoms with Crippen LogP contribution in [0.5, 0.6) is 0 Å². The molecule has 6 rings (SSSR count). The van der Waals surface area contributed by atoms with Gasteiger partial charge in [-0.05, 0) is 56.8 Å². The third-order valence-electron chi connectivity index (χ3n) is 7.59. The highest BCUT2D eigenvalue weighted by Crippen LogP contribution is 2.37. The van der Waals surface area contributed by atoms with Crippen LogP contribution in [0.4, 0.5) is 11.4 Å². The van der Waals surface area contributed by atoms with E-state index in [2.05, 4.69) is 35.6 Å². The van der Waals surface area contributed by atoms with E-state index >= 15 is 0 Å². The summed E-state index contributed by atoms with van der Waals surface area (Å²) in [6.07, 6.45) is 11.8. The van der Waals surface area contributed by atoms with Gasteiger partial charge in [0.25, 0.3) is 5.91 Å². The Balaban J connectivity index is 1.14. The summed E-state index contributed by atoms with van der Waals surface area (Å²) in [6.45, 7) is 3.19. The number of nitrogens with zero attached hydrogens (tertiary/aromatic N) is 5. The molecule has 1 saturated carbocycles. The molecule has 0 bridgehead atoms. The first-order valence-corrected chi connectivity index (χ1v) is 12.7. The molecule has 2 aliphatic rings. The smallest absolute Gasteiger partial charge is 0.257 e. The van der Waals surface area contributed by atoms with Gasteiger partial charge in [0, 0.05) is 36.4 Å². The molecule has 0 radical (unpaired) electrons. The molecule has 2 fully saturated rings. The van der Waals surface area contributed by atoms with Crippen LogP contribution >= 0.6 is 0 Å². The monoisotopic (exact) mass is 498 g/mol. The normalized spacial score (nSPS) is 19.3. The Labute approximate surface area is 214 Å². The number of anilines is 2. The minimum atomic E-state index is -0.295. The van der Waals surface area contributed by atoms with Gasteiger partial charge in [-0.2, -0.15) is 5.10 Å².